The van der Waals surface area contributed by atoms with Gasteiger partial charge in [0.15, 0.2) is 0 Å². The van der Waals surface area contributed by atoms with Gasteiger partial charge < -0.3 is 9.47 Å². The largest absolute Gasteiger partial charge is 0.468 e. The molecule has 0 aromatic heterocycles. The fraction of sp³-hybridized carbons (Fsp3) is 0.875. The predicted octanol–water partition coefficient (Wildman–Crippen LogP) is 1.09. The molecule has 0 saturated heterocycles. The number of methoxy groups -OCH3 is 1. The third kappa shape index (κ3) is 5.85. The van der Waals surface area contributed by atoms with Crippen molar-refractivity contribution in [3.8, 4) is 0 Å². The van der Waals surface area contributed by atoms with Crippen molar-refractivity contribution < 1.29 is 14.3 Å². The molecule has 5 heteroatoms. The molecule has 0 saturated carbocycles. The van der Waals surface area contributed by atoms with Crippen molar-refractivity contribution in [2.45, 2.75) is 32.4 Å². The third-order valence-electron chi connectivity index (χ3n) is 1.30. The molecule has 0 aromatic carbocycles. The summed E-state index contributed by atoms with van der Waals surface area (Å²) in [7, 11) is 1.31. The number of carbonyl (C=O) groups excluding carboxylic acids is 1. The lowest BCUT2D eigenvalue weighted by Gasteiger charge is -2.22. The number of ether oxygens (including phenoxy) is 2. The van der Waals surface area contributed by atoms with Crippen molar-refractivity contribution in [2.24, 2.45) is 0 Å². The first kappa shape index (κ1) is 12.7. The topological polar surface area (TPSA) is 47.6 Å². The molecule has 0 aliphatic heterocycles. The average molecular weight is 210 g/mol. The van der Waals surface area contributed by atoms with Crippen LogP contribution in [0.1, 0.15) is 20.8 Å². The van der Waals surface area contributed by atoms with Gasteiger partial charge in [-0.05, 0) is 32.5 Å². The van der Waals surface area contributed by atoms with Gasteiger partial charge in [-0.25, -0.2) is 4.84 Å². The molecule has 4 nitrogen and oxygen atoms in total. The fourth-order valence-electron chi connectivity index (χ4n) is 0.620. The normalized spacial score (nSPS) is 13.9. The van der Waals surface area contributed by atoms with Crippen molar-refractivity contribution in [2.75, 3.05) is 13.7 Å². The fourth-order valence-corrected chi connectivity index (χ4v) is 0.772. The van der Waals surface area contributed by atoms with Crippen LogP contribution in [0, 0.1) is 0 Å². The highest BCUT2D eigenvalue weighted by molar-refractivity contribution is 6.14. The van der Waals surface area contributed by atoms with Crippen LogP contribution in [0.4, 0.5) is 0 Å². The smallest absolute Gasteiger partial charge is 0.326 e. The molecule has 1 atom stereocenters. The first-order chi connectivity index (χ1) is 5.90. The minimum absolute atomic E-state index is 0.194. The van der Waals surface area contributed by atoms with Crippen molar-refractivity contribution in [3.63, 3.8) is 0 Å². The third-order valence-corrected chi connectivity index (χ3v) is 1.56. The molecule has 0 aliphatic carbocycles. The molecule has 0 spiro atoms. The Kier molecular flexibility index (Phi) is 5.29. The van der Waals surface area contributed by atoms with E-state index in [2.05, 4.69) is 9.57 Å². The molecule has 0 unspecified atom stereocenters. The molecule has 0 rings (SSSR count). The minimum atomic E-state index is -0.620. The van der Waals surface area contributed by atoms with Crippen molar-refractivity contribution in [3.05, 3.63) is 0 Å². The molecule has 0 heterocycles. The summed E-state index contributed by atoms with van der Waals surface area (Å²) in [5.74, 6) is -0.431. The van der Waals surface area contributed by atoms with Crippen LogP contribution in [-0.4, -0.2) is 31.3 Å². The molecule has 0 fully saturated rings. The van der Waals surface area contributed by atoms with E-state index in [0.29, 0.717) is 0 Å². The SMILES string of the molecule is COC(=O)[C@H](COC(C)(C)C)NCl. The quantitative estimate of drug-likeness (QED) is 0.556. The number of halogens is 1. The van der Waals surface area contributed by atoms with E-state index in [4.69, 9.17) is 16.5 Å². The van der Waals surface area contributed by atoms with Gasteiger partial charge in [0, 0.05) is 0 Å². The van der Waals surface area contributed by atoms with Gasteiger partial charge in [0.25, 0.3) is 0 Å². The second-order valence-electron chi connectivity index (χ2n) is 3.61. The van der Waals surface area contributed by atoms with Gasteiger partial charge in [-0.1, -0.05) is 0 Å². The number of hydrogen-bond acceptors (Lipinski definition) is 4. The maximum absolute atomic E-state index is 11.0. The summed E-state index contributed by atoms with van der Waals surface area (Å²) in [6.45, 7) is 5.89. The van der Waals surface area contributed by atoms with E-state index in [1.165, 1.54) is 7.11 Å². The number of nitrogens with one attached hydrogen (secondary N) is 1. The minimum Gasteiger partial charge on any atom is -0.468 e. The zero-order valence-corrected chi connectivity index (χ0v) is 9.14. The second-order valence-corrected chi connectivity index (χ2v) is 3.83. The van der Waals surface area contributed by atoms with Crippen LogP contribution >= 0.6 is 11.8 Å². The van der Waals surface area contributed by atoms with Gasteiger partial charge in [0.2, 0.25) is 0 Å². The van der Waals surface area contributed by atoms with Gasteiger partial charge >= 0.3 is 5.97 Å². The molecule has 0 amide bonds. The van der Waals surface area contributed by atoms with Crippen LogP contribution in [0.25, 0.3) is 0 Å². The van der Waals surface area contributed by atoms with Gasteiger partial charge in [-0.3, -0.25) is 4.79 Å². The molecular weight excluding hydrogens is 194 g/mol. The van der Waals surface area contributed by atoms with Gasteiger partial charge in [-0.15, -0.1) is 0 Å². The highest BCUT2D eigenvalue weighted by atomic mass is 35.5. The molecule has 0 aromatic rings. The first-order valence-corrected chi connectivity index (χ1v) is 4.36. The monoisotopic (exact) mass is 209 g/mol. The molecule has 0 bridgehead atoms. The summed E-state index contributed by atoms with van der Waals surface area (Å²) >= 11 is 5.34. The molecule has 78 valence electrons. The van der Waals surface area contributed by atoms with Crippen molar-refractivity contribution in [1.29, 1.82) is 0 Å². The van der Waals surface area contributed by atoms with E-state index in [1.807, 2.05) is 20.8 Å². The lowest BCUT2D eigenvalue weighted by atomic mass is 10.2. The summed E-state index contributed by atoms with van der Waals surface area (Å²) < 4.78 is 9.86. The summed E-state index contributed by atoms with van der Waals surface area (Å²) in [6.07, 6.45) is 0. The van der Waals surface area contributed by atoms with Crippen LogP contribution in [-0.2, 0) is 14.3 Å². The van der Waals surface area contributed by atoms with E-state index in [1.54, 1.807) is 0 Å². The maximum atomic E-state index is 11.0. The van der Waals surface area contributed by atoms with Gasteiger partial charge in [-0.2, -0.15) is 0 Å². The van der Waals surface area contributed by atoms with Crippen molar-refractivity contribution >= 4 is 17.7 Å². The zero-order chi connectivity index (χ0) is 10.5. The first-order valence-electron chi connectivity index (χ1n) is 3.98. The van der Waals surface area contributed by atoms with Gasteiger partial charge in [0.05, 0.1) is 19.3 Å². The van der Waals surface area contributed by atoms with Crippen molar-refractivity contribution in [1.82, 2.24) is 4.84 Å². The lowest BCUT2D eigenvalue weighted by Crippen LogP contribution is -2.39. The second kappa shape index (κ2) is 5.42. The maximum Gasteiger partial charge on any atom is 0.326 e. The molecule has 0 radical (unpaired) electrons. The number of hydrogen-bond donors (Lipinski definition) is 1. The Morgan fingerprint density at radius 3 is 2.38 bits per heavy atom. The molecule has 0 aliphatic rings. The van der Waals surface area contributed by atoms with Crippen LogP contribution < -0.4 is 4.84 Å². The molecular formula is C8H16ClNO3. The molecule has 1 N–H and O–H groups in total. The number of carbonyl (C=O) groups is 1. The standard InChI is InChI=1S/C8H16ClNO3/c1-8(2,3)13-5-6(10-9)7(11)12-4/h6,10H,5H2,1-4H3/t6-/m0/s1. The Hall–Kier alpha value is -0.320. The van der Waals surface area contributed by atoms with Gasteiger partial charge in [0.1, 0.15) is 6.04 Å². The number of esters is 1. The highest BCUT2D eigenvalue weighted by Gasteiger charge is 2.21. The van der Waals surface area contributed by atoms with Crippen LogP contribution in [0.2, 0.25) is 0 Å². The summed E-state index contributed by atoms with van der Waals surface area (Å²) in [6, 6.07) is -0.620. The van der Waals surface area contributed by atoms with E-state index < -0.39 is 12.0 Å². The summed E-state index contributed by atoms with van der Waals surface area (Å²) in [5.41, 5.74) is -0.292. The summed E-state index contributed by atoms with van der Waals surface area (Å²) in [4.78, 5) is 13.3. The lowest BCUT2D eigenvalue weighted by molar-refractivity contribution is -0.145. The highest BCUT2D eigenvalue weighted by Crippen LogP contribution is 2.07. The molecule has 13 heavy (non-hydrogen) atoms. The van der Waals surface area contributed by atoms with E-state index in [-0.39, 0.29) is 12.2 Å². The Balaban J connectivity index is 3.93. The Bertz CT molecular complexity index is 167. The van der Waals surface area contributed by atoms with E-state index in [0.717, 1.165) is 0 Å². The van der Waals surface area contributed by atoms with E-state index >= 15 is 0 Å². The Morgan fingerprint density at radius 1 is 1.54 bits per heavy atom. The average Bonchev–Trinajstić information content (AvgIpc) is 2.03. The summed E-state index contributed by atoms with van der Waals surface area (Å²) in [5, 5.41) is 0. The van der Waals surface area contributed by atoms with E-state index in [9.17, 15) is 4.79 Å². The van der Waals surface area contributed by atoms with Crippen LogP contribution in [0.3, 0.4) is 0 Å². The number of rotatable bonds is 4. The zero-order valence-electron chi connectivity index (χ0n) is 8.39. The van der Waals surface area contributed by atoms with Crippen LogP contribution in [0.15, 0.2) is 0 Å². The van der Waals surface area contributed by atoms with Crippen LogP contribution in [0.5, 0.6) is 0 Å². The predicted molar refractivity (Wildman–Crippen MR) is 50.5 cm³/mol. The Labute approximate surface area is 83.6 Å². The Morgan fingerprint density at radius 2 is 2.08 bits per heavy atom.